The van der Waals surface area contributed by atoms with Gasteiger partial charge < -0.3 is 13.6 Å². The van der Waals surface area contributed by atoms with Crippen molar-refractivity contribution in [2.75, 3.05) is 14.2 Å². The van der Waals surface area contributed by atoms with E-state index in [1.54, 1.807) is 0 Å². The van der Waals surface area contributed by atoms with E-state index >= 15 is 0 Å². The molecule has 3 aromatic rings. The average Bonchev–Trinajstić information content (AvgIpc) is 2.91. The third kappa shape index (κ3) is 2.87. The second kappa shape index (κ2) is 6.03. The molecule has 0 bridgehead atoms. The minimum atomic E-state index is -0.174. The van der Waals surface area contributed by atoms with Gasteiger partial charge in [-0.2, -0.15) is 0 Å². The second-order valence-corrected chi connectivity index (χ2v) is 5.13. The van der Waals surface area contributed by atoms with Gasteiger partial charge in [-0.3, -0.25) is 9.69 Å². The van der Waals surface area contributed by atoms with Gasteiger partial charge in [0.25, 0.3) is 0 Å². The predicted octanol–water partition coefficient (Wildman–Crippen LogP) is 1.93. The fourth-order valence-corrected chi connectivity index (χ4v) is 2.37. The number of aromatic nitrogens is 2. The van der Waals surface area contributed by atoms with E-state index in [1.165, 1.54) is 19.4 Å². The molecule has 6 nitrogen and oxygen atoms in total. The Labute approximate surface area is 127 Å². The molecule has 0 saturated carbocycles. The lowest BCUT2D eigenvalue weighted by molar-refractivity contribution is 0.276. The Kier molecular flexibility index (Phi) is 3.93. The molecule has 6 heteroatoms. The summed E-state index contributed by atoms with van der Waals surface area (Å²) < 4.78 is 12.4. The fourth-order valence-electron chi connectivity index (χ4n) is 2.37. The SMILES string of the molecule is COc1coc(CN(C)Cc2cnc3ccccn23)cc1=O. The van der Waals surface area contributed by atoms with Gasteiger partial charge in [0.1, 0.15) is 17.7 Å². The van der Waals surface area contributed by atoms with E-state index in [4.69, 9.17) is 9.15 Å². The number of hydrogen-bond donors (Lipinski definition) is 0. The van der Waals surface area contributed by atoms with Gasteiger partial charge in [-0.05, 0) is 19.2 Å². The van der Waals surface area contributed by atoms with Crippen molar-refractivity contribution < 1.29 is 9.15 Å². The normalized spacial score (nSPS) is 11.2. The molecular formula is C16H17N3O3. The lowest BCUT2D eigenvalue weighted by Gasteiger charge is -2.15. The van der Waals surface area contributed by atoms with Crippen LogP contribution in [0.15, 0.2) is 52.1 Å². The highest BCUT2D eigenvalue weighted by Crippen LogP contribution is 2.11. The van der Waals surface area contributed by atoms with Gasteiger partial charge in [-0.25, -0.2) is 4.98 Å². The van der Waals surface area contributed by atoms with Crippen LogP contribution in [-0.2, 0) is 13.1 Å². The van der Waals surface area contributed by atoms with Crippen molar-refractivity contribution in [1.82, 2.24) is 14.3 Å². The molecule has 0 aliphatic carbocycles. The van der Waals surface area contributed by atoms with Crippen LogP contribution in [0, 0.1) is 0 Å². The van der Waals surface area contributed by atoms with Gasteiger partial charge in [0.15, 0.2) is 0 Å². The smallest absolute Gasteiger partial charge is 0.227 e. The van der Waals surface area contributed by atoms with Crippen LogP contribution in [0.4, 0.5) is 0 Å². The first kappa shape index (κ1) is 14.3. The Balaban J connectivity index is 1.73. The molecule has 0 saturated heterocycles. The maximum absolute atomic E-state index is 11.7. The molecule has 114 valence electrons. The van der Waals surface area contributed by atoms with Gasteiger partial charge in [0.2, 0.25) is 11.2 Å². The summed E-state index contributed by atoms with van der Waals surface area (Å²) in [6, 6.07) is 7.36. The molecule has 3 rings (SSSR count). The number of nitrogens with zero attached hydrogens (tertiary/aromatic N) is 3. The molecule has 22 heavy (non-hydrogen) atoms. The molecule has 0 fully saturated rings. The molecule has 0 N–H and O–H groups in total. The van der Waals surface area contributed by atoms with Gasteiger partial charge in [-0.1, -0.05) is 6.07 Å². The minimum Gasteiger partial charge on any atom is -0.490 e. The van der Waals surface area contributed by atoms with E-state index in [-0.39, 0.29) is 11.2 Å². The summed E-state index contributed by atoms with van der Waals surface area (Å²) >= 11 is 0. The third-order valence-corrected chi connectivity index (χ3v) is 3.42. The van der Waals surface area contributed by atoms with E-state index in [0.717, 1.165) is 11.3 Å². The highest BCUT2D eigenvalue weighted by atomic mass is 16.5. The Hall–Kier alpha value is -2.60. The molecule has 0 atom stereocenters. The highest BCUT2D eigenvalue weighted by Gasteiger charge is 2.09. The molecule has 0 unspecified atom stereocenters. The molecule has 0 aliphatic rings. The minimum absolute atomic E-state index is 0.174. The van der Waals surface area contributed by atoms with E-state index < -0.39 is 0 Å². The van der Waals surface area contributed by atoms with Crippen molar-refractivity contribution >= 4 is 5.65 Å². The Morgan fingerprint density at radius 3 is 3.00 bits per heavy atom. The maximum Gasteiger partial charge on any atom is 0.227 e. The summed E-state index contributed by atoms with van der Waals surface area (Å²) in [5, 5.41) is 0. The first-order valence-corrected chi connectivity index (χ1v) is 6.92. The van der Waals surface area contributed by atoms with Crippen LogP contribution in [0.2, 0.25) is 0 Å². The Morgan fingerprint density at radius 1 is 1.36 bits per heavy atom. The third-order valence-electron chi connectivity index (χ3n) is 3.42. The van der Waals surface area contributed by atoms with Crippen LogP contribution >= 0.6 is 0 Å². The summed E-state index contributed by atoms with van der Waals surface area (Å²) in [6.07, 6.45) is 5.19. The van der Waals surface area contributed by atoms with E-state index in [1.807, 2.05) is 42.0 Å². The number of imidazole rings is 1. The van der Waals surface area contributed by atoms with Crippen molar-refractivity contribution in [1.29, 1.82) is 0 Å². The zero-order valence-electron chi connectivity index (χ0n) is 12.5. The molecule has 3 aromatic heterocycles. The number of ether oxygens (including phenoxy) is 1. The van der Waals surface area contributed by atoms with Gasteiger partial charge in [0.05, 0.1) is 25.5 Å². The number of rotatable bonds is 5. The molecule has 0 amide bonds. The number of hydrogen-bond acceptors (Lipinski definition) is 5. The van der Waals surface area contributed by atoms with Crippen LogP contribution < -0.4 is 10.2 Å². The van der Waals surface area contributed by atoms with Crippen LogP contribution in [0.5, 0.6) is 5.75 Å². The van der Waals surface area contributed by atoms with Crippen LogP contribution in [-0.4, -0.2) is 28.4 Å². The molecule has 0 aromatic carbocycles. The van der Waals surface area contributed by atoms with Gasteiger partial charge >= 0.3 is 0 Å². The first-order valence-electron chi connectivity index (χ1n) is 6.92. The summed E-state index contributed by atoms with van der Waals surface area (Å²) in [4.78, 5) is 18.1. The van der Waals surface area contributed by atoms with Crippen LogP contribution in [0.25, 0.3) is 5.65 Å². The summed E-state index contributed by atoms with van der Waals surface area (Å²) in [7, 11) is 3.41. The monoisotopic (exact) mass is 299 g/mol. The fraction of sp³-hybridized carbons (Fsp3) is 0.250. The Bertz CT molecular complexity index is 838. The average molecular weight is 299 g/mol. The topological polar surface area (TPSA) is 60.0 Å². The van der Waals surface area contributed by atoms with Crippen LogP contribution in [0.3, 0.4) is 0 Å². The van der Waals surface area contributed by atoms with Crippen molar-refractivity contribution in [2.45, 2.75) is 13.1 Å². The first-order chi connectivity index (χ1) is 10.7. The predicted molar refractivity (Wildman–Crippen MR) is 81.9 cm³/mol. The van der Waals surface area contributed by atoms with Gasteiger partial charge in [0, 0.05) is 18.8 Å². The molecule has 0 aliphatic heterocycles. The van der Waals surface area contributed by atoms with Gasteiger partial charge in [-0.15, -0.1) is 0 Å². The standard InChI is InChI=1S/C16H17N3O3/c1-18(10-13-7-14(20)15(21-2)11-22-13)9-12-8-17-16-5-3-4-6-19(12)16/h3-8,11H,9-10H2,1-2H3. The largest absolute Gasteiger partial charge is 0.490 e. The summed E-state index contributed by atoms with van der Waals surface area (Å²) in [6.45, 7) is 1.22. The van der Waals surface area contributed by atoms with Crippen molar-refractivity contribution in [2.24, 2.45) is 0 Å². The number of fused-ring (bicyclic) bond motifs is 1. The van der Waals surface area contributed by atoms with Crippen molar-refractivity contribution in [3.63, 3.8) is 0 Å². The number of pyridine rings is 1. The quantitative estimate of drug-likeness (QED) is 0.720. The summed E-state index contributed by atoms with van der Waals surface area (Å²) in [5.41, 5.74) is 1.82. The van der Waals surface area contributed by atoms with Crippen molar-refractivity contribution in [3.8, 4) is 5.75 Å². The molecule has 0 radical (unpaired) electrons. The second-order valence-electron chi connectivity index (χ2n) is 5.13. The zero-order valence-corrected chi connectivity index (χ0v) is 12.5. The molecular weight excluding hydrogens is 282 g/mol. The van der Waals surface area contributed by atoms with Crippen molar-refractivity contribution in [3.05, 3.63) is 64.6 Å². The lowest BCUT2D eigenvalue weighted by Crippen LogP contribution is -2.19. The maximum atomic E-state index is 11.7. The lowest BCUT2D eigenvalue weighted by atomic mass is 10.3. The summed E-state index contributed by atoms with van der Waals surface area (Å²) in [5.74, 6) is 0.815. The van der Waals surface area contributed by atoms with E-state index in [9.17, 15) is 4.79 Å². The molecule has 0 spiro atoms. The van der Waals surface area contributed by atoms with E-state index in [0.29, 0.717) is 18.8 Å². The van der Waals surface area contributed by atoms with E-state index in [2.05, 4.69) is 9.88 Å². The van der Waals surface area contributed by atoms with Crippen LogP contribution in [0.1, 0.15) is 11.5 Å². The zero-order chi connectivity index (χ0) is 15.5. The highest BCUT2D eigenvalue weighted by molar-refractivity contribution is 5.39. The number of methoxy groups -OCH3 is 1. The Morgan fingerprint density at radius 2 is 2.23 bits per heavy atom. The molecule has 3 heterocycles.